The van der Waals surface area contributed by atoms with Crippen molar-refractivity contribution in [2.75, 3.05) is 27.3 Å². The summed E-state index contributed by atoms with van der Waals surface area (Å²) in [5, 5.41) is 0. The van der Waals surface area contributed by atoms with Crippen molar-refractivity contribution in [3.05, 3.63) is 46.5 Å². The summed E-state index contributed by atoms with van der Waals surface area (Å²) in [6, 6.07) is 7.48. The van der Waals surface area contributed by atoms with E-state index in [2.05, 4.69) is 0 Å². The summed E-state index contributed by atoms with van der Waals surface area (Å²) < 4.78 is 48.4. The molecule has 28 heavy (non-hydrogen) atoms. The smallest absolute Gasteiger partial charge is 0.339 e. The van der Waals surface area contributed by atoms with E-state index in [0.717, 1.165) is 0 Å². The van der Waals surface area contributed by atoms with Crippen molar-refractivity contribution < 1.29 is 27.0 Å². The molecule has 2 heterocycles. The van der Waals surface area contributed by atoms with Crippen LogP contribution < -0.4 is 19.8 Å². The van der Waals surface area contributed by atoms with E-state index in [1.54, 1.807) is 19.1 Å². The van der Waals surface area contributed by atoms with Gasteiger partial charge in [-0.3, -0.25) is 0 Å². The Kier molecular flexibility index (Phi) is 5.95. The van der Waals surface area contributed by atoms with Crippen LogP contribution in [0.4, 0.5) is 0 Å². The minimum atomic E-state index is -3.65. The van der Waals surface area contributed by atoms with Crippen molar-refractivity contribution in [1.82, 2.24) is 4.31 Å². The molecule has 0 saturated carbocycles. The molecule has 1 aromatic heterocycles. The van der Waals surface area contributed by atoms with Crippen LogP contribution in [0, 0.1) is 6.92 Å². The Balaban J connectivity index is 1.69. The first kappa shape index (κ1) is 20.2. The van der Waals surface area contributed by atoms with Crippen LogP contribution in [0.25, 0.3) is 0 Å². The summed E-state index contributed by atoms with van der Waals surface area (Å²) in [5.41, 5.74) is -0.469. The molecule has 3 rings (SSSR count). The van der Waals surface area contributed by atoms with Gasteiger partial charge in [-0.1, -0.05) is 0 Å². The average Bonchev–Trinajstić information content (AvgIpc) is 2.67. The predicted octanol–water partition coefficient (Wildman–Crippen LogP) is 2.20. The maximum Gasteiger partial charge on any atom is 0.339 e. The summed E-state index contributed by atoms with van der Waals surface area (Å²) in [6.07, 6.45) is 0.871. The molecule has 0 amide bonds. The van der Waals surface area contributed by atoms with E-state index in [9.17, 15) is 13.2 Å². The van der Waals surface area contributed by atoms with Gasteiger partial charge in [-0.25, -0.2) is 13.2 Å². The number of rotatable bonds is 6. The van der Waals surface area contributed by atoms with Gasteiger partial charge in [0.25, 0.3) is 0 Å². The lowest BCUT2D eigenvalue weighted by Gasteiger charge is -2.31. The third-order valence-corrected chi connectivity index (χ3v) is 6.46. The van der Waals surface area contributed by atoms with Gasteiger partial charge in [-0.15, -0.1) is 0 Å². The minimum Gasteiger partial charge on any atom is -0.493 e. The molecule has 0 radical (unpaired) electrons. The van der Waals surface area contributed by atoms with E-state index < -0.39 is 15.6 Å². The fourth-order valence-corrected chi connectivity index (χ4v) is 4.64. The molecule has 0 spiro atoms. The van der Waals surface area contributed by atoms with E-state index in [-0.39, 0.29) is 11.0 Å². The van der Waals surface area contributed by atoms with Gasteiger partial charge in [0, 0.05) is 25.2 Å². The normalized spacial score (nSPS) is 16.0. The molecule has 0 aliphatic carbocycles. The van der Waals surface area contributed by atoms with Crippen molar-refractivity contribution >= 4 is 10.0 Å². The van der Waals surface area contributed by atoms with Crippen molar-refractivity contribution in [2.45, 2.75) is 30.8 Å². The fourth-order valence-electron chi connectivity index (χ4n) is 3.15. The molecule has 1 fully saturated rings. The molecule has 2 aromatic rings. The van der Waals surface area contributed by atoms with Crippen LogP contribution >= 0.6 is 0 Å². The number of hydrogen-bond donors (Lipinski definition) is 0. The Morgan fingerprint density at radius 2 is 1.71 bits per heavy atom. The van der Waals surface area contributed by atoms with E-state index in [1.807, 2.05) is 0 Å². The number of piperidine rings is 1. The molecule has 0 atom stereocenters. The Bertz CT molecular complexity index is 992. The number of ether oxygens (including phenoxy) is 3. The van der Waals surface area contributed by atoms with E-state index in [4.69, 9.17) is 18.6 Å². The van der Waals surface area contributed by atoms with Crippen LogP contribution in [0.2, 0.25) is 0 Å². The van der Waals surface area contributed by atoms with E-state index in [0.29, 0.717) is 48.9 Å². The van der Waals surface area contributed by atoms with Crippen molar-refractivity contribution in [3.8, 4) is 17.2 Å². The second-order valence-corrected chi connectivity index (χ2v) is 8.40. The lowest BCUT2D eigenvalue weighted by atomic mass is 10.1. The van der Waals surface area contributed by atoms with Gasteiger partial charge >= 0.3 is 5.63 Å². The molecular formula is C19H23NO7S. The van der Waals surface area contributed by atoms with E-state index in [1.165, 1.54) is 36.7 Å². The quantitative estimate of drug-likeness (QED) is 0.722. The Morgan fingerprint density at radius 3 is 2.32 bits per heavy atom. The highest BCUT2D eigenvalue weighted by Gasteiger charge is 2.31. The van der Waals surface area contributed by atoms with Gasteiger partial charge in [0.2, 0.25) is 10.0 Å². The number of sulfonamides is 1. The molecule has 1 saturated heterocycles. The highest BCUT2D eigenvalue weighted by Crippen LogP contribution is 2.31. The molecular weight excluding hydrogens is 386 g/mol. The molecule has 9 heteroatoms. The first-order chi connectivity index (χ1) is 13.3. The van der Waals surface area contributed by atoms with Crippen LogP contribution in [-0.2, 0) is 10.0 Å². The zero-order valence-corrected chi connectivity index (χ0v) is 16.8. The zero-order valence-electron chi connectivity index (χ0n) is 16.0. The monoisotopic (exact) mass is 409 g/mol. The number of hydrogen-bond acceptors (Lipinski definition) is 7. The Hall–Kier alpha value is -2.52. The van der Waals surface area contributed by atoms with Crippen LogP contribution in [0.5, 0.6) is 17.2 Å². The topological polar surface area (TPSA) is 95.3 Å². The Morgan fingerprint density at radius 1 is 1.04 bits per heavy atom. The standard InChI is InChI=1S/C19H23NO7S/c1-13-10-15(11-19(21)26-13)27-14-6-8-20(9-7-14)28(22,23)16-4-5-17(24-2)18(12-16)25-3/h4-5,10-12,14H,6-9H2,1-3H3. The second kappa shape index (κ2) is 8.24. The number of nitrogens with zero attached hydrogens (tertiary/aromatic N) is 1. The number of methoxy groups -OCH3 is 2. The first-order valence-electron chi connectivity index (χ1n) is 8.84. The highest BCUT2D eigenvalue weighted by molar-refractivity contribution is 7.89. The van der Waals surface area contributed by atoms with Crippen molar-refractivity contribution in [1.29, 1.82) is 0 Å². The molecule has 0 N–H and O–H groups in total. The molecule has 0 unspecified atom stereocenters. The van der Waals surface area contributed by atoms with Gasteiger partial charge in [-0.2, -0.15) is 4.31 Å². The summed E-state index contributed by atoms with van der Waals surface area (Å²) in [4.78, 5) is 11.6. The predicted molar refractivity (Wildman–Crippen MR) is 102 cm³/mol. The lowest BCUT2D eigenvalue weighted by Crippen LogP contribution is -2.41. The first-order valence-corrected chi connectivity index (χ1v) is 10.3. The molecule has 1 aromatic carbocycles. The highest BCUT2D eigenvalue weighted by atomic mass is 32.2. The summed E-state index contributed by atoms with van der Waals surface area (Å²) >= 11 is 0. The minimum absolute atomic E-state index is 0.154. The van der Waals surface area contributed by atoms with Gasteiger partial charge < -0.3 is 18.6 Å². The zero-order chi connectivity index (χ0) is 20.3. The Labute approximate surface area is 163 Å². The fraction of sp³-hybridized carbons (Fsp3) is 0.421. The molecule has 1 aliphatic rings. The maximum atomic E-state index is 12.9. The number of benzene rings is 1. The van der Waals surface area contributed by atoms with Crippen LogP contribution in [0.15, 0.2) is 44.4 Å². The summed E-state index contributed by atoms with van der Waals surface area (Å²) in [6.45, 7) is 2.32. The molecule has 1 aliphatic heterocycles. The summed E-state index contributed by atoms with van der Waals surface area (Å²) in [5.74, 6) is 1.74. The van der Waals surface area contributed by atoms with Gasteiger partial charge in [0.05, 0.1) is 25.2 Å². The summed E-state index contributed by atoms with van der Waals surface area (Å²) in [7, 11) is -0.696. The van der Waals surface area contributed by atoms with Crippen molar-refractivity contribution in [2.24, 2.45) is 0 Å². The third-order valence-electron chi connectivity index (χ3n) is 4.56. The van der Waals surface area contributed by atoms with Crippen LogP contribution in [-0.4, -0.2) is 46.1 Å². The van der Waals surface area contributed by atoms with Crippen LogP contribution in [0.3, 0.4) is 0 Å². The van der Waals surface area contributed by atoms with Gasteiger partial charge in [-0.05, 0) is 31.9 Å². The van der Waals surface area contributed by atoms with Gasteiger partial charge in [0.1, 0.15) is 17.6 Å². The van der Waals surface area contributed by atoms with Crippen LogP contribution in [0.1, 0.15) is 18.6 Å². The third kappa shape index (κ3) is 4.31. The van der Waals surface area contributed by atoms with E-state index >= 15 is 0 Å². The number of aryl methyl sites for hydroxylation is 1. The van der Waals surface area contributed by atoms with Gasteiger partial charge in [0.15, 0.2) is 11.5 Å². The molecule has 0 bridgehead atoms. The molecule has 152 valence electrons. The maximum absolute atomic E-state index is 12.9. The largest absolute Gasteiger partial charge is 0.493 e. The average molecular weight is 409 g/mol. The van der Waals surface area contributed by atoms with Crippen molar-refractivity contribution in [3.63, 3.8) is 0 Å². The molecule has 8 nitrogen and oxygen atoms in total. The lowest BCUT2D eigenvalue weighted by molar-refractivity contribution is 0.134. The SMILES string of the molecule is COc1ccc(S(=O)(=O)N2CCC(Oc3cc(C)oc(=O)c3)CC2)cc1OC. The second-order valence-electron chi connectivity index (χ2n) is 6.46.